The summed E-state index contributed by atoms with van der Waals surface area (Å²) in [5.41, 5.74) is 0. The summed E-state index contributed by atoms with van der Waals surface area (Å²) in [4.78, 5) is 9.00. The Kier molecular flexibility index (Phi) is 35.4. The summed E-state index contributed by atoms with van der Waals surface area (Å²) in [6.45, 7) is 1.08. The monoisotopic (exact) mass is 378 g/mol. The SMILES string of the molecule is CC(=O)O.II.[Zn]. The zero-order valence-corrected chi connectivity index (χ0v) is 11.1. The molecule has 0 spiro atoms. The predicted molar refractivity (Wildman–Crippen MR) is 41.3 cm³/mol. The van der Waals surface area contributed by atoms with Crippen LogP contribution in [0.1, 0.15) is 6.92 Å². The molecule has 0 aliphatic heterocycles. The molecule has 0 heterocycles. The Bertz CT molecular complexity index is 36.7. The number of carbonyl (C=O) groups is 1. The van der Waals surface area contributed by atoms with Gasteiger partial charge in [0.05, 0.1) is 0 Å². The minimum absolute atomic E-state index is 0. The minimum atomic E-state index is -0.833. The van der Waals surface area contributed by atoms with Crippen LogP contribution >= 0.6 is 37.2 Å². The van der Waals surface area contributed by atoms with Gasteiger partial charge in [-0.3, -0.25) is 4.79 Å². The van der Waals surface area contributed by atoms with E-state index in [9.17, 15) is 0 Å². The number of hydrogen-bond donors (Lipinski definition) is 1. The van der Waals surface area contributed by atoms with E-state index >= 15 is 0 Å². The number of aliphatic carboxylic acids is 1. The Morgan fingerprint density at radius 1 is 1.57 bits per heavy atom. The molecule has 0 aliphatic carbocycles. The Balaban J connectivity index is -0.0000000480. The molecule has 0 unspecified atom stereocenters. The van der Waals surface area contributed by atoms with Gasteiger partial charge in [0.25, 0.3) is 5.97 Å². The molecular weight excluding hydrogens is 375 g/mol. The predicted octanol–water partition coefficient (Wildman–Crippen LogP) is 1.86. The fourth-order valence-electron chi connectivity index (χ4n) is 0. The van der Waals surface area contributed by atoms with Gasteiger partial charge in [-0.05, 0) is 0 Å². The van der Waals surface area contributed by atoms with E-state index in [1.165, 1.54) is 0 Å². The van der Waals surface area contributed by atoms with Gasteiger partial charge in [0.2, 0.25) is 0 Å². The van der Waals surface area contributed by atoms with Crippen LogP contribution in [0.15, 0.2) is 0 Å². The van der Waals surface area contributed by atoms with Crippen molar-refractivity contribution in [3.63, 3.8) is 0 Å². The summed E-state index contributed by atoms with van der Waals surface area (Å²) in [6.07, 6.45) is 0. The quantitative estimate of drug-likeness (QED) is 0.516. The Labute approximate surface area is 78.5 Å². The molecule has 0 aliphatic rings. The van der Waals surface area contributed by atoms with E-state index in [-0.39, 0.29) is 19.5 Å². The molecule has 0 bridgehead atoms. The summed E-state index contributed by atoms with van der Waals surface area (Å²) in [5, 5.41) is 7.42. The van der Waals surface area contributed by atoms with Crippen LogP contribution in [-0.4, -0.2) is 11.1 Å². The molecule has 0 rings (SSSR count). The van der Waals surface area contributed by atoms with Gasteiger partial charge in [-0.25, -0.2) is 0 Å². The molecule has 0 atom stereocenters. The van der Waals surface area contributed by atoms with Gasteiger partial charge in [0.15, 0.2) is 0 Å². The molecule has 0 saturated heterocycles. The van der Waals surface area contributed by atoms with Crippen molar-refractivity contribution in [1.29, 1.82) is 0 Å². The van der Waals surface area contributed by atoms with E-state index < -0.39 is 5.97 Å². The fourth-order valence-corrected chi connectivity index (χ4v) is 0. The molecule has 0 aromatic carbocycles. The third kappa shape index (κ3) is 96.5. The first-order valence-corrected chi connectivity index (χ1v) is 7.36. The normalized spacial score (nSPS) is 4.43. The van der Waals surface area contributed by atoms with Crippen molar-refractivity contribution in [2.24, 2.45) is 0 Å². The fraction of sp³-hybridized carbons (Fsp3) is 0.500. The number of rotatable bonds is 0. The van der Waals surface area contributed by atoms with Crippen molar-refractivity contribution < 1.29 is 29.4 Å². The van der Waals surface area contributed by atoms with Crippen LogP contribution in [0.2, 0.25) is 0 Å². The summed E-state index contributed by atoms with van der Waals surface area (Å²) >= 11 is 4.24. The second-order valence-corrected chi connectivity index (χ2v) is 0.519. The molecule has 40 valence electrons. The molecule has 1 N–H and O–H groups in total. The smallest absolute Gasteiger partial charge is 0.300 e. The second kappa shape index (κ2) is 15.6. The zero-order chi connectivity index (χ0) is 5.58. The van der Waals surface area contributed by atoms with E-state index in [0.717, 1.165) is 6.92 Å². The van der Waals surface area contributed by atoms with Crippen LogP contribution in [0.25, 0.3) is 0 Å². The van der Waals surface area contributed by atoms with Crippen molar-refractivity contribution in [3.05, 3.63) is 0 Å². The first-order valence-electron chi connectivity index (χ1n) is 1.07. The molecule has 0 aromatic rings. The van der Waals surface area contributed by atoms with Gasteiger partial charge in [-0.15, -0.1) is 0 Å². The number of halogens is 2. The van der Waals surface area contributed by atoms with Gasteiger partial charge >= 0.3 is 0 Å². The minimum Gasteiger partial charge on any atom is -0.481 e. The topological polar surface area (TPSA) is 37.3 Å². The maximum absolute atomic E-state index is 9.00. The van der Waals surface area contributed by atoms with Crippen molar-refractivity contribution in [1.82, 2.24) is 0 Å². The molecule has 0 saturated carbocycles. The van der Waals surface area contributed by atoms with Crippen LogP contribution in [-0.2, 0) is 24.3 Å². The Hall–Kier alpha value is 1.55. The molecule has 2 nitrogen and oxygen atoms in total. The third-order valence-corrected chi connectivity index (χ3v) is 0. The molecule has 0 aromatic heterocycles. The van der Waals surface area contributed by atoms with Gasteiger partial charge < -0.3 is 5.11 Å². The largest absolute Gasteiger partial charge is 0.481 e. The maximum Gasteiger partial charge on any atom is 0.300 e. The van der Waals surface area contributed by atoms with Gasteiger partial charge in [-0.1, -0.05) is 0 Å². The molecule has 7 heavy (non-hydrogen) atoms. The van der Waals surface area contributed by atoms with Gasteiger partial charge in [0.1, 0.15) is 0 Å². The summed E-state index contributed by atoms with van der Waals surface area (Å²) in [5.74, 6) is -0.833. The molecular formula is C2H4I2O2Zn. The zero-order valence-electron chi connectivity index (χ0n) is 3.82. The number of carboxylic acid groups (broad SMARTS) is 1. The van der Waals surface area contributed by atoms with E-state index in [1.807, 2.05) is 0 Å². The average Bonchev–Trinajstić information content (AvgIpc) is 1.41. The second-order valence-electron chi connectivity index (χ2n) is 0.519. The van der Waals surface area contributed by atoms with Crippen LogP contribution in [0.4, 0.5) is 0 Å². The molecule has 0 amide bonds. The first kappa shape index (κ1) is 15.8. The van der Waals surface area contributed by atoms with Crippen LogP contribution in [0, 0.1) is 0 Å². The summed E-state index contributed by atoms with van der Waals surface area (Å²) in [6, 6.07) is 0. The number of hydrogen-bond acceptors (Lipinski definition) is 1. The van der Waals surface area contributed by atoms with Crippen molar-refractivity contribution >= 4 is 43.2 Å². The van der Waals surface area contributed by atoms with Gasteiger partial charge in [0, 0.05) is 63.6 Å². The standard InChI is InChI=1S/C2H4O2.I2.Zn/c1-2(3)4;1-2;/h1H3,(H,3,4);;. The first-order chi connectivity index (χ1) is 2.73. The van der Waals surface area contributed by atoms with Crippen molar-refractivity contribution in [2.75, 3.05) is 0 Å². The van der Waals surface area contributed by atoms with Crippen LogP contribution in [0.5, 0.6) is 0 Å². The van der Waals surface area contributed by atoms with Crippen LogP contribution in [0.3, 0.4) is 0 Å². The van der Waals surface area contributed by atoms with Crippen molar-refractivity contribution in [3.8, 4) is 0 Å². The number of carboxylic acids is 1. The average molecular weight is 379 g/mol. The van der Waals surface area contributed by atoms with Gasteiger partial charge in [-0.2, -0.15) is 0 Å². The Morgan fingerprint density at radius 2 is 1.57 bits per heavy atom. The van der Waals surface area contributed by atoms with E-state index in [0.29, 0.717) is 0 Å². The van der Waals surface area contributed by atoms with E-state index in [1.54, 1.807) is 0 Å². The van der Waals surface area contributed by atoms with E-state index in [4.69, 9.17) is 9.90 Å². The maximum atomic E-state index is 9.00. The summed E-state index contributed by atoms with van der Waals surface area (Å²) < 4.78 is 0. The Morgan fingerprint density at radius 3 is 1.57 bits per heavy atom. The van der Waals surface area contributed by atoms with Crippen LogP contribution < -0.4 is 0 Å². The summed E-state index contributed by atoms with van der Waals surface area (Å²) in [7, 11) is 0. The molecule has 5 heteroatoms. The third-order valence-electron chi connectivity index (χ3n) is 0. The van der Waals surface area contributed by atoms with Crippen molar-refractivity contribution in [2.45, 2.75) is 6.92 Å². The molecule has 0 radical (unpaired) electrons. The molecule has 0 fully saturated rings. The van der Waals surface area contributed by atoms with E-state index in [2.05, 4.69) is 37.2 Å².